The van der Waals surface area contributed by atoms with E-state index in [9.17, 15) is 29.1 Å². The van der Waals surface area contributed by atoms with E-state index in [0.29, 0.717) is 5.69 Å². The summed E-state index contributed by atoms with van der Waals surface area (Å²) in [6.07, 6.45) is 1.08. The number of fused-ring (bicyclic) bond motifs is 1. The molecule has 4 atom stereocenters. The van der Waals surface area contributed by atoms with Crippen LogP contribution in [0.15, 0.2) is 55.0 Å². The quantitative estimate of drug-likeness (QED) is 0.119. The first-order valence-electron chi connectivity index (χ1n) is 15.8. The Morgan fingerprint density at radius 1 is 0.915 bits per heavy atom. The fourth-order valence-electron chi connectivity index (χ4n) is 5.20. The molecule has 0 aliphatic heterocycles. The van der Waals surface area contributed by atoms with Gasteiger partial charge in [-0.2, -0.15) is 0 Å². The lowest BCUT2D eigenvalue weighted by molar-refractivity contribution is -0.159. The molecule has 0 bridgehead atoms. The Morgan fingerprint density at radius 3 is 2.30 bits per heavy atom. The van der Waals surface area contributed by atoms with Gasteiger partial charge in [0.05, 0.1) is 30.9 Å². The zero-order valence-corrected chi connectivity index (χ0v) is 27.5. The van der Waals surface area contributed by atoms with Crippen LogP contribution in [0.4, 0.5) is 0 Å². The van der Waals surface area contributed by atoms with Crippen molar-refractivity contribution in [3.63, 3.8) is 0 Å². The van der Waals surface area contributed by atoms with E-state index >= 15 is 0 Å². The van der Waals surface area contributed by atoms with Crippen molar-refractivity contribution in [1.82, 2.24) is 31.2 Å². The van der Waals surface area contributed by atoms with Crippen LogP contribution < -0.4 is 21.3 Å². The number of aromatic nitrogens is 2. The monoisotopic (exact) mass is 650 g/mol. The second kappa shape index (κ2) is 17.8. The van der Waals surface area contributed by atoms with E-state index in [1.807, 2.05) is 56.3 Å². The standard InChI is InChI=1S/C34H46N6O7/c1-20(2)13-27(31(43)34(46)47-21(3)4)39-33(45)28(16-25-17-36-19-38-25)40-32(44)24(15-29(41)37-18-30(42)35-5)14-23-11-8-10-22-9-6-7-12-26(22)23/h6-12,17,19-21,24,27-28,31,43H,13-16,18H2,1-5H3,(H,35,42)(H,36,38)(H,37,41)(H,39,45)(H,40,44)/t24?,27-,28-,31?/m0/s1. The Morgan fingerprint density at radius 2 is 1.64 bits per heavy atom. The van der Waals surface area contributed by atoms with E-state index in [-0.39, 0.29) is 44.1 Å². The van der Waals surface area contributed by atoms with Crippen molar-refractivity contribution in [2.45, 2.75) is 77.7 Å². The van der Waals surface area contributed by atoms with E-state index in [4.69, 9.17) is 4.74 Å². The third-order valence-electron chi connectivity index (χ3n) is 7.51. The number of aliphatic hydroxyl groups excluding tert-OH is 1. The van der Waals surface area contributed by atoms with E-state index in [0.717, 1.165) is 16.3 Å². The molecule has 2 aromatic carbocycles. The van der Waals surface area contributed by atoms with Gasteiger partial charge in [0.15, 0.2) is 6.10 Å². The summed E-state index contributed by atoms with van der Waals surface area (Å²) < 4.78 is 5.18. The molecule has 0 fully saturated rings. The van der Waals surface area contributed by atoms with Crippen LogP contribution in [0.3, 0.4) is 0 Å². The first-order valence-corrected chi connectivity index (χ1v) is 15.8. The Bertz CT molecular complexity index is 1500. The van der Waals surface area contributed by atoms with Gasteiger partial charge in [-0.05, 0) is 48.9 Å². The molecule has 0 saturated carbocycles. The number of hydrogen-bond acceptors (Lipinski definition) is 8. The SMILES string of the molecule is CNC(=O)CNC(=O)CC(Cc1cccc2ccccc12)C(=O)N[C@@H](Cc1cnc[nH]1)C(=O)N[C@@H](CC(C)C)C(O)C(=O)OC(C)C. The van der Waals surface area contributed by atoms with Gasteiger partial charge in [-0.25, -0.2) is 9.78 Å². The minimum atomic E-state index is -1.63. The summed E-state index contributed by atoms with van der Waals surface area (Å²) >= 11 is 0. The summed E-state index contributed by atoms with van der Waals surface area (Å²) in [5.41, 5.74) is 1.39. The summed E-state index contributed by atoms with van der Waals surface area (Å²) in [6.45, 7) is 6.84. The van der Waals surface area contributed by atoms with Gasteiger partial charge < -0.3 is 36.1 Å². The lowest BCUT2D eigenvalue weighted by Crippen LogP contribution is -2.56. The number of hydrogen-bond donors (Lipinski definition) is 6. The molecule has 3 rings (SSSR count). The molecule has 13 heteroatoms. The summed E-state index contributed by atoms with van der Waals surface area (Å²) in [5, 5.41) is 23.2. The number of likely N-dealkylation sites (N-methyl/N-ethyl adjacent to an activating group) is 1. The first kappa shape index (κ1) is 36.7. The van der Waals surface area contributed by atoms with Crippen LogP contribution in [0.25, 0.3) is 10.8 Å². The Labute approximate surface area is 274 Å². The van der Waals surface area contributed by atoms with E-state index in [2.05, 4.69) is 31.2 Å². The lowest BCUT2D eigenvalue weighted by Gasteiger charge is -2.28. The minimum absolute atomic E-state index is 0.000765. The normalized spacial score (nSPS) is 13.8. The number of nitrogens with one attached hydrogen (secondary N) is 5. The van der Waals surface area contributed by atoms with Gasteiger partial charge in [-0.3, -0.25) is 19.2 Å². The maximum absolute atomic E-state index is 14.0. The molecule has 2 unspecified atom stereocenters. The molecule has 0 aliphatic carbocycles. The second-order valence-electron chi connectivity index (χ2n) is 12.2. The number of rotatable bonds is 17. The average molecular weight is 651 g/mol. The summed E-state index contributed by atoms with van der Waals surface area (Å²) in [7, 11) is 1.45. The third-order valence-corrected chi connectivity index (χ3v) is 7.51. The number of nitrogens with zero attached hydrogens (tertiary/aromatic N) is 1. The van der Waals surface area contributed by atoms with Crippen molar-refractivity contribution in [2.24, 2.45) is 11.8 Å². The smallest absolute Gasteiger partial charge is 0.337 e. The fraction of sp³-hybridized carbons (Fsp3) is 0.471. The molecule has 1 aromatic heterocycles. The van der Waals surface area contributed by atoms with Gasteiger partial charge in [-0.1, -0.05) is 56.3 Å². The zero-order valence-electron chi connectivity index (χ0n) is 27.5. The van der Waals surface area contributed by atoms with Crippen LogP contribution in [-0.4, -0.2) is 82.6 Å². The molecule has 254 valence electrons. The van der Waals surface area contributed by atoms with Crippen molar-refractivity contribution in [2.75, 3.05) is 13.6 Å². The first-order chi connectivity index (χ1) is 22.4. The van der Waals surface area contributed by atoms with Gasteiger partial charge in [-0.15, -0.1) is 0 Å². The van der Waals surface area contributed by atoms with E-state index < -0.39 is 53.9 Å². The highest BCUT2D eigenvalue weighted by Crippen LogP contribution is 2.23. The number of H-pyrrole nitrogens is 1. The number of carbonyl (C=O) groups excluding carboxylic acids is 5. The van der Waals surface area contributed by atoms with Crippen molar-refractivity contribution in [3.05, 3.63) is 66.2 Å². The largest absolute Gasteiger partial charge is 0.461 e. The van der Waals surface area contributed by atoms with Crippen molar-refractivity contribution in [3.8, 4) is 0 Å². The lowest BCUT2D eigenvalue weighted by atomic mass is 9.91. The van der Waals surface area contributed by atoms with Crippen molar-refractivity contribution >= 4 is 40.4 Å². The molecular weight excluding hydrogens is 604 g/mol. The molecule has 0 aliphatic rings. The zero-order chi connectivity index (χ0) is 34.5. The molecule has 4 amide bonds. The predicted molar refractivity (Wildman–Crippen MR) is 176 cm³/mol. The maximum atomic E-state index is 14.0. The van der Waals surface area contributed by atoms with Gasteiger partial charge in [0.25, 0.3) is 0 Å². The number of amides is 4. The summed E-state index contributed by atoms with van der Waals surface area (Å²) in [5.74, 6) is -3.87. The highest BCUT2D eigenvalue weighted by Gasteiger charge is 2.34. The Balaban J connectivity index is 1.89. The van der Waals surface area contributed by atoms with E-state index in [1.54, 1.807) is 13.8 Å². The van der Waals surface area contributed by atoms with E-state index in [1.165, 1.54) is 19.6 Å². The second-order valence-corrected chi connectivity index (χ2v) is 12.2. The number of imidazole rings is 1. The van der Waals surface area contributed by atoms with Crippen LogP contribution in [0, 0.1) is 11.8 Å². The number of ether oxygens (including phenoxy) is 1. The molecule has 3 aromatic rings. The van der Waals surface area contributed by atoms with Crippen molar-refractivity contribution < 1.29 is 33.8 Å². The minimum Gasteiger partial charge on any atom is -0.461 e. The number of aromatic amines is 1. The highest BCUT2D eigenvalue weighted by molar-refractivity contribution is 5.93. The third kappa shape index (κ3) is 11.5. The number of carbonyl (C=O) groups is 5. The Hall–Kier alpha value is -4.78. The summed E-state index contributed by atoms with van der Waals surface area (Å²) in [6, 6.07) is 11.2. The average Bonchev–Trinajstić information content (AvgIpc) is 3.55. The number of benzene rings is 2. The molecule has 1 heterocycles. The van der Waals surface area contributed by atoms with Gasteiger partial charge >= 0.3 is 5.97 Å². The van der Waals surface area contributed by atoms with Crippen LogP contribution in [0.5, 0.6) is 0 Å². The highest BCUT2D eigenvalue weighted by atomic mass is 16.6. The maximum Gasteiger partial charge on any atom is 0.337 e. The predicted octanol–water partition coefficient (Wildman–Crippen LogP) is 1.54. The van der Waals surface area contributed by atoms with Crippen LogP contribution >= 0.6 is 0 Å². The van der Waals surface area contributed by atoms with Crippen LogP contribution in [0.2, 0.25) is 0 Å². The molecule has 0 radical (unpaired) electrons. The van der Waals surface area contributed by atoms with Gasteiger partial charge in [0.1, 0.15) is 6.04 Å². The fourth-order valence-corrected chi connectivity index (χ4v) is 5.20. The van der Waals surface area contributed by atoms with Gasteiger partial charge in [0.2, 0.25) is 23.6 Å². The molecular formula is C34H46N6O7. The molecule has 6 N–H and O–H groups in total. The Kier molecular flexibility index (Phi) is 13.9. The summed E-state index contributed by atoms with van der Waals surface area (Å²) in [4.78, 5) is 71.9. The van der Waals surface area contributed by atoms with Crippen LogP contribution in [0.1, 0.15) is 51.8 Å². The van der Waals surface area contributed by atoms with Crippen molar-refractivity contribution in [1.29, 1.82) is 0 Å². The number of esters is 1. The number of aliphatic hydroxyl groups is 1. The van der Waals surface area contributed by atoms with Crippen LogP contribution in [-0.2, 0) is 41.6 Å². The molecule has 0 saturated heterocycles. The molecule has 13 nitrogen and oxygen atoms in total. The topological polar surface area (TPSA) is 192 Å². The van der Waals surface area contributed by atoms with Gasteiger partial charge in [0, 0.05) is 31.8 Å². The molecule has 0 spiro atoms. The molecule has 47 heavy (non-hydrogen) atoms.